The van der Waals surface area contributed by atoms with Crippen molar-refractivity contribution in [1.82, 2.24) is 20.9 Å². The molecule has 52 heavy (non-hydrogen) atoms. The molecule has 2 aromatic carbocycles. The maximum Gasteiger partial charge on any atom is 0.243 e. The number of carbonyl (C=O) groups is 4. The van der Waals surface area contributed by atoms with Crippen LogP contribution in [0.2, 0.25) is 0 Å². The van der Waals surface area contributed by atoms with E-state index in [9.17, 15) is 24.3 Å². The highest BCUT2D eigenvalue weighted by molar-refractivity contribution is 5.92. The van der Waals surface area contributed by atoms with Crippen LogP contribution in [0, 0.1) is 17.8 Å². The third kappa shape index (κ3) is 11.8. The Labute approximate surface area is 309 Å². The second kappa shape index (κ2) is 19.8. The van der Waals surface area contributed by atoms with Gasteiger partial charge in [-0.3, -0.25) is 19.2 Å². The summed E-state index contributed by atoms with van der Waals surface area (Å²) < 4.78 is 5.99. The Balaban J connectivity index is 1.61. The summed E-state index contributed by atoms with van der Waals surface area (Å²) in [4.78, 5) is 56.6. The Morgan fingerprint density at radius 3 is 2.27 bits per heavy atom. The molecule has 0 saturated heterocycles. The van der Waals surface area contributed by atoms with Gasteiger partial charge in [0.2, 0.25) is 23.6 Å². The van der Waals surface area contributed by atoms with Crippen molar-refractivity contribution in [3.05, 3.63) is 65.2 Å². The molecule has 4 rings (SSSR count). The summed E-state index contributed by atoms with van der Waals surface area (Å²) in [5.41, 5.74) is 8.49. The molecule has 1 unspecified atom stereocenters. The van der Waals surface area contributed by atoms with Crippen molar-refractivity contribution >= 4 is 23.6 Å². The predicted molar refractivity (Wildman–Crippen MR) is 202 cm³/mol. The molecule has 6 N–H and O–H groups in total. The Bertz CT molecular complexity index is 1480. The van der Waals surface area contributed by atoms with E-state index in [1.807, 2.05) is 76.2 Å². The number of benzene rings is 2. The zero-order valence-corrected chi connectivity index (χ0v) is 31.7. The van der Waals surface area contributed by atoms with Crippen molar-refractivity contribution in [3.8, 4) is 5.75 Å². The number of aliphatic hydroxyl groups is 1. The van der Waals surface area contributed by atoms with Crippen molar-refractivity contribution in [2.45, 2.75) is 129 Å². The summed E-state index contributed by atoms with van der Waals surface area (Å²) in [7, 11) is 0. The van der Waals surface area contributed by atoms with Crippen LogP contribution in [0.4, 0.5) is 0 Å². The van der Waals surface area contributed by atoms with E-state index in [1.165, 1.54) is 13.3 Å². The molecular formula is C41H61N5O6. The van der Waals surface area contributed by atoms with Gasteiger partial charge in [0.15, 0.2) is 0 Å². The predicted octanol–water partition coefficient (Wildman–Crippen LogP) is 4.55. The molecule has 11 nitrogen and oxygen atoms in total. The van der Waals surface area contributed by atoms with Crippen LogP contribution < -0.4 is 26.4 Å². The lowest BCUT2D eigenvalue weighted by molar-refractivity contribution is -0.143. The van der Waals surface area contributed by atoms with Gasteiger partial charge in [0.25, 0.3) is 0 Å². The average molecular weight is 720 g/mol. The zero-order valence-electron chi connectivity index (χ0n) is 31.7. The quantitative estimate of drug-likeness (QED) is 0.151. The number of nitrogens with zero attached hydrogens (tertiary/aromatic N) is 1. The fourth-order valence-electron chi connectivity index (χ4n) is 7.49. The van der Waals surface area contributed by atoms with Crippen molar-refractivity contribution < 1.29 is 29.0 Å². The van der Waals surface area contributed by atoms with Gasteiger partial charge in [-0.15, -0.1) is 0 Å². The zero-order chi connectivity index (χ0) is 37.8. The van der Waals surface area contributed by atoms with E-state index >= 15 is 0 Å². The van der Waals surface area contributed by atoms with E-state index in [2.05, 4.69) is 16.0 Å². The first-order valence-corrected chi connectivity index (χ1v) is 19.2. The molecule has 4 amide bonds. The maximum atomic E-state index is 14.5. The molecule has 1 heterocycles. The van der Waals surface area contributed by atoms with Gasteiger partial charge < -0.3 is 36.4 Å². The molecule has 11 heteroatoms. The third-order valence-corrected chi connectivity index (χ3v) is 10.2. The first kappa shape index (κ1) is 40.8. The highest BCUT2D eigenvalue weighted by atomic mass is 16.5. The molecular weight excluding hydrogens is 658 g/mol. The van der Waals surface area contributed by atoms with Crippen molar-refractivity contribution in [1.29, 1.82) is 0 Å². The second-order valence-corrected chi connectivity index (χ2v) is 15.5. The van der Waals surface area contributed by atoms with Crippen LogP contribution in [-0.2, 0) is 32.1 Å². The number of aliphatic hydroxyl groups excluding tert-OH is 1. The van der Waals surface area contributed by atoms with Crippen LogP contribution in [0.15, 0.2) is 48.5 Å². The first-order chi connectivity index (χ1) is 24.9. The minimum absolute atomic E-state index is 0.0425. The summed E-state index contributed by atoms with van der Waals surface area (Å²) in [5.74, 6) is -0.164. The van der Waals surface area contributed by atoms with Gasteiger partial charge in [0.1, 0.15) is 24.4 Å². The molecule has 2 aliphatic rings. The van der Waals surface area contributed by atoms with Crippen molar-refractivity contribution in [3.63, 3.8) is 0 Å². The molecule has 0 spiro atoms. The van der Waals surface area contributed by atoms with E-state index in [0.29, 0.717) is 37.6 Å². The largest absolute Gasteiger partial charge is 0.491 e. The highest BCUT2D eigenvalue weighted by Crippen LogP contribution is 2.38. The van der Waals surface area contributed by atoms with Gasteiger partial charge in [0.05, 0.1) is 24.6 Å². The number of carbonyl (C=O) groups excluding carboxylic acids is 4. The molecule has 1 fully saturated rings. The van der Waals surface area contributed by atoms with Gasteiger partial charge in [-0.05, 0) is 53.9 Å². The van der Waals surface area contributed by atoms with Gasteiger partial charge in [-0.25, -0.2) is 0 Å². The van der Waals surface area contributed by atoms with Crippen molar-refractivity contribution in [2.75, 3.05) is 13.2 Å². The molecule has 0 aromatic heterocycles. The molecule has 0 bridgehead atoms. The Kier molecular flexibility index (Phi) is 15.5. The fourth-order valence-corrected chi connectivity index (χ4v) is 7.49. The van der Waals surface area contributed by atoms with E-state index in [-0.39, 0.29) is 43.1 Å². The molecule has 2 aromatic rings. The number of amides is 4. The minimum Gasteiger partial charge on any atom is -0.491 e. The molecule has 1 aliphatic heterocycles. The number of nitrogens with one attached hydrogen (secondary N) is 3. The topological polar surface area (TPSA) is 163 Å². The number of nitrogens with two attached hydrogens (primary N) is 1. The minimum atomic E-state index is -1.09. The van der Waals surface area contributed by atoms with Crippen molar-refractivity contribution in [2.24, 2.45) is 23.5 Å². The lowest BCUT2D eigenvalue weighted by Gasteiger charge is -2.36. The first-order valence-electron chi connectivity index (χ1n) is 19.2. The number of hydrogen-bond donors (Lipinski definition) is 5. The number of hydrogen-bond acceptors (Lipinski definition) is 7. The normalized spacial score (nSPS) is 18.1. The standard InChI is InChI=1S/C41H61N5O6/c1-26(2)18-34(40(50)44-33(20-29-12-8-6-9-13-29)37(48)22-39(49)43-24-27(3)4)45-41(51)35(21-30-14-10-7-11-15-30)46(28(5)47)36-25-52-38-17-16-31(23-42)19-32(36)38/h7,10-11,14-17,19,26-27,29,33-37,48H,6,8-9,12-13,18,20-25,42H2,1-5H3,(H,43,49)(H,44,50)(H,45,51)/t33-,34-,35-,36?,37-/m0/s1. The molecule has 1 aliphatic carbocycles. The van der Waals surface area contributed by atoms with Crippen LogP contribution in [-0.4, -0.2) is 71.0 Å². The smallest absolute Gasteiger partial charge is 0.243 e. The average Bonchev–Trinajstić information content (AvgIpc) is 3.52. The number of rotatable bonds is 18. The van der Waals surface area contributed by atoms with Crippen LogP contribution in [0.1, 0.15) is 109 Å². The third-order valence-electron chi connectivity index (χ3n) is 10.2. The molecule has 5 atom stereocenters. The van der Waals surface area contributed by atoms with Crippen LogP contribution in [0.5, 0.6) is 5.75 Å². The summed E-state index contributed by atoms with van der Waals surface area (Å²) in [6.45, 7) is 10.4. The molecule has 286 valence electrons. The van der Waals surface area contributed by atoms with Crippen LogP contribution in [0.3, 0.4) is 0 Å². The van der Waals surface area contributed by atoms with E-state index in [0.717, 1.165) is 42.4 Å². The Morgan fingerprint density at radius 2 is 1.63 bits per heavy atom. The fraction of sp³-hybridized carbons (Fsp3) is 0.610. The highest BCUT2D eigenvalue weighted by Gasteiger charge is 2.40. The Hall–Kier alpha value is -3.96. The summed E-state index contributed by atoms with van der Waals surface area (Å²) in [6.07, 6.45) is 5.27. The van der Waals surface area contributed by atoms with Gasteiger partial charge >= 0.3 is 0 Å². The molecule has 0 radical (unpaired) electrons. The molecule has 1 saturated carbocycles. The van der Waals surface area contributed by atoms with E-state index in [1.54, 1.807) is 4.90 Å². The lowest BCUT2D eigenvalue weighted by atomic mass is 9.83. The number of fused-ring (bicyclic) bond motifs is 1. The second-order valence-electron chi connectivity index (χ2n) is 15.5. The van der Waals surface area contributed by atoms with Gasteiger partial charge in [-0.1, -0.05) is 96.2 Å². The SMILES string of the molecule is CC(=O)N(C1COc2ccc(CN)cc21)[C@@H](Cc1ccccc1)C(=O)N[C@@H](CC(C)C)C(=O)N[C@@H](CC1CCCCC1)[C@@H](O)CC(=O)NCC(C)C. The summed E-state index contributed by atoms with van der Waals surface area (Å²) in [5, 5.41) is 20.3. The Morgan fingerprint density at radius 1 is 0.923 bits per heavy atom. The summed E-state index contributed by atoms with van der Waals surface area (Å²) in [6, 6.07) is 12.1. The van der Waals surface area contributed by atoms with Gasteiger partial charge in [0, 0.05) is 32.0 Å². The lowest BCUT2D eigenvalue weighted by Crippen LogP contribution is -2.58. The van der Waals surface area contributed by atoms with Crippen LogP contribution >= 0.6 is 0 Å². The number of ether oxygens (including phenoxy) is 1. The van der Waals surface area contributed by atoms with Crippen LogP contribution in [0.25, 0.3) is 0 Å². The van der Waals surface area contributed by atoms with Gasteiger partial charge in [-0.2, -0.15) is 0 Å². The monoisotopic (exact) mass is 719 g/mol. The van der Waals surface area contributed by atoms with E-state index in [4.69, 9.17) is 10.5 Å². The van der Waals surface area contributed by atoms with E-state index < -0.39 is 42.1 Å². The summed E-state index contributed by atoms with van der Waals surface area (Å²) >= 11 is 0. The maximum absolute atomic E-state index is 14.5.